The van der Waals surface area contributed by atoms with Gasteiger partial charge in [-0.1, -0.05) is 68.0 Å². The summed E-state index contributed by atoms with van der Waals surface area (Å²) in [6, 6.07) is 14.1. The molecule has 1 fully saturated rings. The van der Waals surface area contributed by atoms with E-state index in [0.717, 1.165) is 24.8 Å². The van der Waals surface area contributed by atoms with Crippen LogP contribution in [0.1, 0.15) is 61.0 Å². The third kappa shape index (κ3) is 7.49. The quantitative estimate of drug-likeness (QED) is 0.358. The zero-order valence-corrected chi connectivity index (χ0v) is 22.0. The molecule has 0 unspecified atom stereocenters. The molecule has 0 aliphatic heterocycles. The first-order valence-electron chi connectivity index (χ1n) is 13.1. The molecule has 3 atom stereocenters. The lowest BCUT2D eigenvalue weighted by Gasteiger charge is -2.30. The van der Waals surface area contributed by atoms with Crippen LogP contribution in [0.4, 0.5) is 0 Å². The molecule has 1 saturated carbocycles. The summed E-state index contributed by atoms with van der Waals surface area (Å²) in [6.07, 6.45) is 7.77. The van der Waals surface area contributed by atoms with E-state index in [9.17, 15) is 14.7 Å². The summed E-state index contributed by atoms with van der Waals surface area (Å²) < 4.78 is 0. The summed E-state index contributed by atoms with van der Waals surface area (Å²) in [4.78, 5) is 34.8. The van der Waals surface area contributed by atoms with Crippen molar-refractivity contribution in [2.24, 2.45) is 11.8 Å². The van der Waals surface area contributed by atoms with E-state index in [1.807, 2.05) is 30.3 Å². The first-order chi connectivity index (χ1) is 17.9. The molecule has 1 aromatic heterocycles. The van der Waals surface area contributed by atoms with Crippen molar-refractivity contribution in [1.82, 2.24) is 20.6 Å². The maximum absolute atomic E-state index is 13.2. The highest BCUT2D eigenvalue weighted by atomic mass is 35.5. The van der Waals surface area contributed by atoms with E-state index in [-0.39, 0.29) is 23.9 Å². The fourth-order valence-corrected chi connectivity index (χ4v) is 5.39. The Bertz CT molecular complexity index is 1200. The Labute approximate surface area is 223 Å². The molecule has 2 amide bonds. The van der Waals surface area contributed by atoms with Gasteiger partial charge in [-0.25, -0.2) is 4.98 Å². The number of amides is 2. The molecule has 1 aliphatic rings. The summed E-state index contributed by atoms with van der Waals surface area (Å²) in [5.41, 5.74) is 2.42. The summed E-state index contributed by atoms with van der Waals surface area (Å²) in [6.45, 7) is 0. The van der Waals surface area contributed by atoms with Crippen LogP contribution in [0.2, 0.25) is 5.02 Å². The maximum Gasteiger partial charge on any atom is 0.271 e. The van der Waals surface area contributed by atoms with Crippen LogP contribution >= 0.6 is 11.6 Å². The first-order valence-corrected chi connectivity index (χ1v) is 13.5. The Morgan fingerprint density at radius 3 is 2.46 bits per heavy atom. The molecule has 4 rings (SSSR count). The number of nitrogens with zero attached hydrogens (tertiary/aromatic N) is 2. The zero-order valence-electron chi connectivity index (χ0n) is 21.2. The predicted molar refractivity (Wildman–Crippen MR) is 145 cm³/mol. The van der Waals surface area contributed by atoms with Gasteiger partial charge in [0.2, 0.25) is 5.91 Å². The lowest BCUT2D eigenvalue weighted by molar-refractivity contribution is -0.126. The molecule has 8 heteroatoms. The summed E-state index contributed by atoms with van der Waals surface area (Å²) in [7, 11) is 1.63. The van der Waals surface area contributed by atoms with Crippen LogP contribution in [0.15, 0.2) is 54.7 Å². The van der Waals surface area contributed by atoms with E-state index in [0.29, 0.717) is 28.4 Å². The van der Waals surface area contributed by atoms with Crippen molar-refractivity contribution < 1.29 is 14.7 Å². The first kappa shape index (κ1) is 27.0. The molecule has 0 saturated heterocycles. The van der Waals surface area contributed by atoms with Crippen LogP contribution in [0.3, 0.4) is 0 Å². The van der Waals surface area contributed by atoms with Crippen LogP contribution in [-0.2, 0) is 11.2 Å². The van der Waals surface area contributed by atoms with Crippen LogP contribution in [-0.4, -0.2) is 46.1 Å². The van der Waals surface area contributed by atoms with Gasteiger partial charge >= 0.3 is 0 Å². The largest absolute Gasteiger partial charge is 0.391 e. The van der Waals surface area contributed by atoms with Crippen molar-refractivity contribution in [3.63, 3.8) is 0 Å². The molecular weight excluding hydrogens is 488 g/mol. The van der Waals surface area contributed by atoms with Gasteiger partial charge in [-0.15, -0.1) is 0 Å². The molecule has 0 spiro atoms. The maximum atomic E-state index is 13.2. The minimum atomic E-state index is -0.932. The Balaban J connectivity index is 1.52. The Hall–Kier alpha value is -3.03. The Kier molecular flexibility index (Phi) is 9.47. The average Bonchev–Trinajstić information content (AvgIpc) is 2.93. The smallest absolute Gasteiger partial charge is 0.271 e. The van der Waals surface area contributed by atoms with Crippen molar-refractivity contribution in [1.29, 1.82) is 0 Å². The van der Waals surface area contributed by atoms with Gasteiger partial charge in [-0.2, -0.15) is 0 Å². The number of fused-ring (bicyclic) bond motifs is 1. The number of nitrogens with one attached hydrogen (secondary N) is 2. The summed E-state index contributed by atoms with van der Waals surface area (Å²) >= 11 is 6.06. The molecule has 7 nitrogen and oxygen atoms in total. The van der Waals surface area contributed by atoms with Crippen LogP contribution in [0.5, 0.6) is 0 Å². The van der Waals surface area contributed by atoms with E-state index in [1.165, 1.54) is 25.5 Å². The standard InChI is InChI=1S/C29H35ClN4O3/c1-31-28(36)21(15-19-7-3-2-4-8-19)17-27(35)25(16-20-11-13-22(30)14-12-20)34-29(37)26-18-32-23-9-5-6-10-24(23)33-26/h5-6,9-14,18-19,21,25,27,35H,2-4,7-8,15-17H2,1H3,(H,31,36)(H,34,37)/t21-,25+,27+/m1/s1. The highest BCUT2D eigenvalue weighted by Crippen LogP contribution is 2.31. The van der Waals surface area contributed by atoms with Crippen molar-refractivity contribution in [3.8, 4) is 0 Å². The average molecular weight is 523 g/mol. The molecule has 3 aromatic rings. The molecule has 0 radical (unpaired) electrons. The monoisotopic (exact) mass is 522 g/mol. The SMILES string of the molecule is CNC(=O)[C@H](CC1CCCCC1)C[C@H](O)[C@H](Cc1ccc(Cl)cc1)NC(=O)c1cnc2ccccc2n1. The normalized spacial score (nSPS) is 16.6. The van der Waals surface area contributed by atoms with Gasteiger partial charge in [-0.3, -0.25) is 14.6 Å². The number of aromatic nitrogens is 2. The molecule has 37 heavy (non-hydrogen) atoms. The van der Waals surface area contributed by atoms with E-state index >= 15 is 0 Å². The van der Waals surface area contributed by atoms with Gasteiger partial charge in [0, 0.05) is 18.0 Å². The van der Waals surface area contributed by atoms with E-state index in [1.54, 1.807) is 25.2 Å². The van der Waals surface area contributed by atoms with Gasteiger partial charge in [0.25, 0.3) is 5.91 Å². The number of aliphatic hydroxyl groups excluding tert-OH is 1. The zero-order chi connectivity index (χ0) is 26.2. The van der Waals surface area contributed by atoms with E-state index in [2.05, 4.69) is 20.6 Å². The van der Waals surface area contributed by atoms with Gasteiger partial charge in [0.1, 0.15) is 5.69 Å². The molecule has 2 aromatic carbocycles. The van der Waals surface area contributed by atoms with Gasteiger partial charge < -0.3 is 15.7 Å². The molecule has 0 bridgehead atoms. The number of carbonyl (C=O) groups is 2. The fourth-order valence-electron chi connectivity index (χ4n) is 5.26. The topological polar surface area (TPSA) is 104 Å². The lowest BCUT2D eigenvalue weighted by atomic mass is 9.80. The third-order valence-electron chi connectivity index (χ3n) is 7.32. The predicted octanol–water partition coefficient (Wildman–Crippen LogP) is 4.71. The van der Waals surface area contributed by atoms with Crippen LogP contribution in [0.25, 0.3) is 11.0 Å². The molecule has 196 valence electrons. The second-order valence-electron chi connectivity index (χ2n) is 10.0. The Morgan fingerprint density at radius 2 is 1.76 bits per heavy atom. The number of carbonyl (C=O) groups excluding carboxylic acids is 2. The summed E-state index contributed by atoms with van der Waals surface area (Å²) in [5, 5.41) is 17.7. The van der Waals surface area contributed by atoms with Gasteiger partial charge in [-0.05, 0) is 55.0 Å². The minimum Gasteiger partial charge on any atom is -0.391 e. The van der Waals surface area contributed by atoms with E-state index in [4.69, 9.17) is 11.6 Å². The van der Waals surface area contributed by atoms with Crippen molar-refractivity contribution >= 4 is 34.4 Å². The number of halogens is 1. The number of hydrogen-bond donors (Lipinski definition) is 3. The van der Waals surface area contributed by atoms with Gasteiger partial charge in [0.15, 0.2) is 0 Å². The number of aliphatic hydroxyl groups is 1. The second-order valence-corrected chi connectivity index (χ2v) is 10.4. The minimum absolute atomic E-state index is 0.0680. The van der Waals surface area contributed by atoms with Crippen molar-refractivity contribution in [2.45, 2.75) is 63.5 Å². The Morgan fingerprint density at radius 1 is 1.05 bits per heavy atom. The van der Waals surface area contributed by atoms with Crippen LogP contribution < -0.4 is 10.6 Å². The number of rotatable bonds is 10. The molecular formula is C29H35ClN4O3. The van der Waals surface area contributed by atoms with Gasteiger partial charge in [0.05, 0.1) is 29.4 Å². The summed E-state index contributed by atoms with van der Waals surface area (Å²) in [5.74, 6) is -0.324. The molecule has 1 heterocycles. The molecule has 1 aliphatic carbocycles. The number of para-hydroxylation sites is 2. The fraction of sp³-hybridized carbons (Fsp3) is 0.448. The lowest BCUT2D eigenvalue weighted by Crippen LogP contribution is -2.47. The number of benzene rings is 2. The highest BCUT2D eigenvalue weighted by Gasteiger charge is 2.30. The third-order valence-corrected chi connectivity index (χ3v) is 7.57. The number of hydrogen-bond acceptors (Lipinski definition) is 5. The molecule has 3 N–H and O–H groups in total. The van der Waals surface area contributed by atoms with Crippen molar-refractivity contribution in [3.05, 3.63) is 71.0 Å². The van der Waals surface area contributed by atoms with E-state index < -0.39 is 18.1 Å². The second kappa shape index (κ2) is 13.0. The highest BCUT2D eigenvalue weighted by molar-refractivity contribution is 6.30. The van der Waals surface area contributed by atoms with Crippen LogP contribution in [0, 0.1) is 11.8 Å². The van der Waals surface area contributed by atoms with Crippen molar-refractivity contribution in [2.75, 3.05) is 7.05 Å².